The molecule has 0 aromatic carbocycles. The van der Waals surface area contributed by atoms with Crippen LogP contribution in [0.3, 0.4) is 0 Å². The smallest absolute Gasteiger partial charge is 0 e. The third-order valence-electron chi connectivity index (χ3n) is 0. The van der Waals surface area contributed by atoms with Gasteiger partial charge in [-0.1, -0.05) is 440 Å². The molecule has 0 aromatic rings. The molecular weight excluding hydrogens is 3670 g/mol. The standard InChI is InChI=1S/28C2H6.7CH4.73Ar/c28*1-2;;;;;;;;;;;;;;;;;;;;;;;;;;;;;;;;;;;;;;;;;;;;;;;;;;;;;;;;;;;;;;;;;;;;;;;;;;;;;;;;/h28*1-2H3;7*1H4;;;;;;;;;;;;;;;;;;;;;;;;;;;;;;;;;;;;;;;;;;;;;;;;;;;;;;;;;;;;;;;;;;;;;;;;;. The molecule has 0 saturated carbocycles. The van der Waals surface area contributed by atoms with E-state index in [2.05, 4.69) is 0 Å². The van der Waals surface area contributed by atoms with Gasteiger partial charge in [-0.2, -0.15) is 0 Å². The van der Waals surface area contributed by atoms with E-state index in [1.165, 1.54) is 0 Å². The maximum Gasteiger partial charge on any atom is 0 e. The van der Waals surface area contributed by atoms with Crippen LogP contribution in [-0.2, 0) is 0 Å². The molecule has 1032 valence electrons. The maximum atomic E-state index is 2.00. The monoisotopic (exact) mass is 3870 g/mol. The van der Waals surface area contributed by atoms with Gasteiger partial charge >= 0.3 is 0 Å². The van der Waals surface area contributed by atoms with Crippen molar-refractivity contribution in [2.75, 3.05) is 0 Å². The van der Waals surface area contributed by atoms with Crippen LogP contribution in [0.15, 0.2) is 0 Å². The summed E-state index contributed by atoms with van der Waals surface area (Å²) in [6.45, 7) is 112. The van der Waals surface area contributed by atoms with E-state index in [-0.39, 0.29) is 2810 Å². The molecule has 0 bridgehead atoms. The fraction of sp³-hybridized carbons (Fsp3) is 1.00. The van der Waals surface area contributed by atoms with Crippen molar-refractivity contribution < 1.29 is 2750 Å². The summed E-state index contributed by atoms with van der Waals surface area (Å²) in [6.07, 6.45) is 0. The van der Waals surface area contributed by atoms with Gasteiger partial charge in [-0.3, -0.25) is 0 Å². The molecule has 0 aliphatic rings. The van der Waals surface area contributed by atoms with Crippen molar-refractivity contribution in [3.63, 3.8) is 0 Å². The van der Waals surface area contributed by atoms with Crippen molar-refractivity contribution in [2.24, 2.45) is 0 Å². The Balaban J connectivity index is -0.000000000552. The van der Waals surface area contributed by atoms with E-state index in [1.807, 2.05) is 388 Å². The van der Waals surface area contributed by atoms with Crippen molar-refractivity contribution in [2.45, 2.75) is 440 Å². The van der Waals surface area contributed by atoms with Gasteiger partial charge in [0, 0.05) is 2750 Å². The van der Waals surface area contributed by atoms with Crippen molar-refractivity contribution in [3.8, 4) is 0 Å². The molecule has 0 fully saturated rings. The van der Waals surface area contributed by atoms with Crippen molar-refractivity contribution in [3.05, 3.63) is 0 Å². The van der Waals surface area contributed by atoms with Gasteiger partial charge in [0.05, 0.1) is 0 Å². The minimum absolute atomic E-state index is 0. The van der Waals surface area contributed by atoms with Crippen LogP contribution in [-0.4, -0.2) is 0 Å². The van der Waals surface area contributed by atoms with Crippen LogP contribution in [0.1, 0.15) is 440 Å². The zero-order valence-electron chi connectivity index (χ0n) is 81.8. The minimum atomic E-state index is 0. The zero-order chi connectivity index (χ0) is 56.0. The van der Waals surface area contributed by atoms with Gasteiger partial charge in [-0.25, -0.2) is 0 Å². The Morgan fingerprint density at radius 2 is 0.0294 bits per heavy atom. The van der Waals surface area contributed by atoms with Crippen LogP contribution < -0.4 is 0 Å². The molecule has 0 aliphatic carbocycles. The second-order valence-corrected chi connectivity index (χ2v) is 0. The Hall–Kier alpha value is 92.0. The summed E-state index contributed by atoms with van der Waals surface area (Å²) in [6, 6.07) is 0. The van der Waals surface area contributed by atoms with E-state index >= 15 is 0 Å². The van der Waals surface area contributed by atoms with Crippen LogP contribution in [0.4, 0.5) is 0 Å². The van der Waals surface area contributed by atoms with Gasteiger partial charge in [-0.05, 0) is 0 Å². The molecule has 136 heavy (non-hydrogen) atoms. The number of hydrogen-bond acceptors (Lipinski definition) is 0. The largest absolute Gasteiger partial charge is 0.0776 e. The van der Waals surface area contributed by atoms with Gasteiger partial charge in [0.25, 0.3) is 0 Å². The van der Waals surface area contributed by atoms with Gasteiger partial charge in [0.2, 0.25) is 0 Å². The number of hydrogen-bond donors (Lipinski definition) is 0. The first kappa shape index (κ1) is 816. The van der Waals surface area contributed by atoms with Gasteiger partial charge < -0.3 is 0 Å². The first-order chi connectivity index (χ1) is 28.0. The third kappa shape index (κ3) is 1350. The van der Waals surface area contributed by atoms with Crippen molar-refractivity contribution >= 4 is 0 Å². The number of rotatable bonds is 0. The molecule has 0 rings (SSSR count). The molecular formula is C63H196Ar73. The normalized spacial score (nSPS) is 1.24. The van der Waals surface area contributed by atoms with Crippen molar-refractivity contribution in [1.29, 1.82) is 0 Å². The summed E-state index contributed by atoms with van der Waals surface area (Å²) < 4.78 is 0. The molecule has 0 unspecified atom stereocenters. The third-order valence-corrected chi connectivity index (χ3v) is 0. The van der Waals surface area contributed by atoms with Gasteiger partial charge in [-0.15, -0.1) is 0 Å². The molecule has 73 heteroatoms. The predicted octanol–water partition coefficient (Wildman–Crippen LogP) is 33.2. The van der Waals surface area contributed by atoms with E-state index in [1.54, 1.807) is 0 Å². The second kappa shape index (κ2) is 1370. The summed E-state index contributed by atoms with van der Waals surface area (Å²) >= 11 is 0. The van der Waals surface area contributed by atoms with E-state index in [9.17, 15) is 0 Å². The van der Waals surface area contributed by atoms with Crippen LogP contribution in [0.25, 0.3) is 0 Å². The molecule has 0 spiro atoms. The molecule has 0 aliphatic heterocycles. The Labute approximate surface area is 3070 Å². The van der Waals surface area contributed by atoms with E-state index in [0.717, 1.165) is 0 Å². The van der Waals surface area contributed by atoms with Crippen LogP contribution in [0, 0.1) is 2750 Å². The van der Waals surface area contributed by atoms with Gasteiger partial charge in [0.15, 0.2) is 0 Å². The summed E-state index contributed by atoms with van der Waals surface area (Å²) in [5.74, 6) is 0. The fourth-order valence-corrected chi connectivity index (χ4v) is 0. The quantitative estimate of drug-likeness (QED) is 0.227. The first-order valence-electron chi connectivity index (χ1n) is 28.0. The van der Waals surface area contributed by atoms with Crippen LogP contribution in [0.5, 0.6) is 0 Å². The minimum Gasteiger partial charge on any atom is -0.0776 e. The van der Waals surface area contributed by atoms with E-state index in [0.29, 0.717) is 0 Å². The summed E-state index contributed by atoms with van der Waals surface area (Å²) in [4.78, 5) is 0. The molecule has 0 radical (unpaired) electrons. The Kier molecular flexibility index (Phi) is 8220. The molecule has 0 amide bonds. The fourth-order valence-electron chi connectivity index (χ4n) is 0. The Morgan fingerprint density at radius 1 is 0.0294 bits per heavy atom. The second-order valence-electron chi connectivity index (χ2n) is 0. The van der Waals surface area contributed by atoms with Crippen LogP contribution >= 0.6 is 0 Å². The van der Waals surface area contributed by atoms with E-state index in [4.69, 9.17) is 0 Å². The molecule has 0 heterocycles. The Morgan fingerprint density at radius 3 is 0.0294 bits per heavy atom. The van der Waals surface area contributed by atoms with Crippen LogP contribution in [0.2, 0.25) is 0 Å². The molecule has 0 atom stereocenters. The van der Waals surface area contributed by atoms with E-state index < -0.39 is 0 Å². The van der Waals surface area contributed by atoms with Crippen molar-refractivity contribution in [1.82, 2.24) is 0 Å². The SMILES string of the molecule is C.C.C.C.C.C.C.CC.CC.CC.CC.CC.CC.CC.CC.CC.CC.CC.CC.CC.CC.CC.CC.CC.CC.CC.CC.CC.CC.CC.CC.CC.CC.CC.CC.[Ar].[Ar].[Ar].[Ar].[Ar].[Ar].[Ar].[Ar].[Ar].[Ar].[Ar].[Ar].[Ar].[Ar].[Ar].[Ar].[Ar].[Ar].[Ar].[Ar].[Ar].[Ar].[Ar].[Ar].[Ar].[Ar].[Ar].[Ar].[Ar].[Ar].[Ar].[Ar].[Ar].[Ar].[Ar].[Ar].[Ar].[Ar].[Ar].[Ar].[Ar].[Ar].[Ar].[Ar].[Ar].[Ar].[Ar].[Ar].[Ar].[Ar].[Ar].[Ar].[Ar].[Ar].[Ar].[Ar].[Ar].[Ar].[Ar].[Ar].[Ar].[Ar].[Ar].[Ar].[Ar].[Ar].[Ar].[Ar].[Ar].[Ar].[Ar].[Ar].[Ar]. The average molecular weight is 3870 g/mol. The Bertz CT molecular complexity index is 135. The summed E-state index contributed by atoms with van der Waals surface area (Å²) in [5.41, 5.74) is 0. The zero-order valence-corrected chi connectivity index (χ0v) is 133. The average Bonchev–Trinajstić information content (AvgIpc) is 3.45. The topological polar surface area (TPSA) is 0 Å². The summed E-state index contributed by atoms with van der Waals surface area (Å²) in [7, 11) is 0. The molecule has 0 saturated heterocycles. The summed E-state index contributed by atoms with van der Waals surface area (Å²) in [5, 5.41) is 0. The van der Waals surface area contributed by atoms with Gasteiger partial charge in [0.1, 0.15) is 0 Å². The first-order valence-corrected chi connectivity index (χ1v) is 28.0. The molecule has 0 N–H and O–H groups in total. The maximum absolute atomic E-state index is 2.00. The predicted molar refractivity (Wildman–Crippen MR) is 365 cm³/mol. The molecule has 0 nitrogen and oxygen atoms in total. The molecule has 0 aromatic heterocycles.